The molecule has 12 heteroatoms. The molecule has 3 aromatic heterocycles. The normalized spacial score (nSPS) is 11.8. The maximum Gasteiger partial charge on any atom is 0.416 e. The molecule has 9 nitrogen and oxygen atoms in total. The van der Waals surface area contributed by atoms with E-state index in [0.717, 1.165) is 12.1 Å². The van der Waals surface area contributed by atoms with Gasteiger partial charge in [-0.3, -0.25) is 4.79 Å². The molecule has 3 heterocycles. The summed E-state index contributed by atoms with van der Waals surface area (Å²) in [7, 11) is 0. The molecule has 5 rings (SSSR count). The number of aromatic nitrogens is 6. The summed E-state index contributed by atoms with van der Waals surface area (Å²) in [5.74, 6) is 0.0376. The van der Waals surface area contributed by atoms with Crippen LogP contribution in [0.4, 0.5) is 24.8 Å². The fraction of sp³-hybridized carbons (Fsp3) is 0.0500. The van der Waals surface area contributed by atoms with Crippen LogP contribution in [-0.4, -0.2) is 35.5 Å². The molecular formula is C20H13F3N8O. The number of carbonyl (C=O) groups excluding carboxylic acids is 1. The Labute approximate surface area is 177 Å². The van der Waals surface area contributed by atoms with Crippen molar-refractivity contribution in [2.45, 2.75) is 6.18 Å². The van der Waals surface area contributed by atoms with Crippen LogP contribution >= 0.6 is 0 Å². The van der Waals surface area contributed by atoms with Crippen molar-refractivity contribution in [3.8, 4) is 11.4 Å². The number of nitrogens with one attached hydrogen (secondary N) is 2. The average molecular weight is 438 g/mol. The van der Waals surface area contributed by atoms with E-state index in [4.69, 9.17) is 5.73 Å². The highest BCUT2D eigenvalue weighted by molar-refractivity contribution is 5.93. The highest BCUT2D eigenvalue weighted by Gasteiger charge is 2.30. The molecule has 2 aromatic carbocycles. The van der Waals surface area contributed by atoms with Gasteiger partial charge in [0.1, 0.15) is 0 Å². The monoisotopic (exact) mass is 438 g/mol. The molecule has 0 aliphatic heterocycles. The number of hydrogen-bond acceptors (Lipinski definition) is 6. The lowest BCUT2D eigenvalue weighted by Crippen LogP contribution is -2.12. The van der Waals surface area contributed by atoms with Crippen LogP contribution < -0.4 is 11.1 Å². The number of carbonyl (C=O) groups is 1. The number of imidazole rings is 1. The number of fused-ring (bicyclic) bond motifs is 2. The number of aromatic amines is 1. The topological polar surface area (TPSA) is 127 Å². The van der Waals surface area contributed by atoms with E-state index in [-0.39, 0.29) is 11.8 Å². The van der Waals surface area contributed by atoms with E-state index >= 15 is 0 Å². The second kappa shape index (κ2) is 7.04. The van der Waals surface area contributed by atoms with Gasteiger partial charge in [0.05, 0.1) is 16.6 Å². The highest BCUT2D eigenvalue weighted by Crippen LogP contribution is 2.30. The number of amides is 1. The van der Waals surface area contributed by atoms with Crippen molar-refractivity contribution >= 4 is 34.2 Å². The summed E-state index contributed by atoms with van der Waals surface area (Å²) in [5, 5.41) is 7.27. The number of halogens is 3. The molecule has 32 heavy (non-hydrogen) atoms. The summed E-state index contributed by atoms with van der Waals surface area (Å²) in [6.07, 6.45) is -2.85. The van der Waals surface area contributed by atoms with Crippen molar-refractivity contribution in [3.05, 3.63) is 66.1 Å². The van der Waals surface area contributed by atoms with Crippen LogP contribution in [0.25, 0.3) is 28.1 Å². The van der Waals surface area contributed by atoms with Gasteiger partial charge in [-0.25, -0.2) is 9.97 Å². The molecule has 5 aromatic rings. The minimum absolute atomic E-state index is 0.0482. The highest BCUT2D eigenvalue weighted by atomic mass is 19.4. The molecule has 0 radical (unpaired) electrons. The van der Waals surface area contributed by atoms with E-state index < -0.39 is 17.6 Å². The third-order valence-electron chi connectivity index (χ3n) is 4.70. The van der Waals surface area contributed by atoms with Crippen LogP contribution in [0.1, 0.15) is 16.2 Å². The quantitative estimate of drug-likeness (QED) is 0.394. The minimum atomic E-state index is -4.41. The third kappa shape index (κ3) is 3.47. The van der Waals surface area contributed by atoms with Gasteiger partial charge in [-0.15, -0.1) is 5.10 Å². The number of nitrogens with zero attached hydrogens (tertiary/aromatic N) is 5. The Morgan fingerprint density at radius 2 is 1.84 bits per heavy atom. The van der Waals surface area contributed by atoms with Crippen molar-refractivity contribution in [1.82, 2.24) is 29.5 Å². The van der Waals surface area contributed by atoms with Gasteiger partial charge < -0.3 is 16.0 Å². The molecule has 0 unspecified atom stereocenters. The van der Waals surface area contributed by atoms with Gasteiger partial charge in [0.2, 0.25) is 5.95 Å². The molecule has 0 atom stereocenters. The number of alkyl halides is 3. The van der Waals surface area contributed by atoms with Crippen molar-refractivity contribution in [3.63, 3.8) is 0 Å². The molecule has 0 saturated heterocycles. The van der Waals surface area contributed by atoms with E-state index in [1.807, 2.05) is 0 Å². The SMILES string of the molecule is NC(=O)c1nc2ccc(-c3nccc4nc(Nc5ccc(C(F)(F)F)cc5)nn34)cc2[nH]1. The number of anilines is 2. The first kappa shape index (κ1) is 19.5. The summed E-state index contributed by atoms with van der Waals surface area (Å²) < 4.78 is 39.7. The lowest BCUT2D eigenvalue weighted by molar-refractivity contribution is -0.137. The predicted molar refractivity (Wildman–Crippen MR) is 109 cm³/mol. The maximum absolute atomic E-state index is 12.7. The zero-order valence-corrected chi connectivity index (χ0v) is 16.1. The molecule has 0 bridgehead atoms. The number of hydrogen-bond donors (Lipinski definition) is 3. The summed E-state index contributed by atoms with van der Waals surface area (Å²) in [5.41, 5.74) is 7.24. The molecule has 0 aliphatic rings. The van der Waals surface area contributed by atoms with Gasteiger partial charge in [0.15, 0.2) is 17.3 Å². The van der Waals surface area contributed by atoms with Crippen LogP contribution in [-0.2, 0) is 6.18 Å². The lowest BCUT2D eigenvalue weighted by atomic mass is 10.2. The Hall–Kier alpha value is -4.48. The number of benzene rings is 2. The van der Waals surface area contributed by atoms with E-state index in [1.165, 1.54) is 16.6 Å². The number of rotatable bonds is 4. The first-order valence-electron chi connectivity index (χ1n) is 9.24. The van der Waals surface area contributed by atoms with Crippen LogP contribution in [0.5, 0.6) is 0 Å². The second-order valence-electron chi connectivity index (χ2n) is 6.86. The third-order valence-corrected chi connectivity index (χ3v) is 4.70. The summed E-state index contributed by atoms with van der Waals surface area (Å²) in [4.78, 5) is 27.0. The largest absolute Gasteiger partial charge is 0.416 e. The molecule has 160 valence electrons. The van der Waals surface area contributed by atoms with Crippen molar-refractivity contribution in [2.75, 3.05) is 5.32 Å². The predicted octanol–water partition coefficient (Wildman–Crippen LogP) is 3.53. The number of H-pyrrole nitrogens is 1. The smallest absolute Gasteiger partial charge is 0.363 e. The van der Waals surface area contributed by atoms with Crippen molar-refractivity contribution < 1.29 is 18.0 Å². The van der Waals surface area contributed by atoms with Crippen LogP contribution in [0.2, 0.25) is 0 Å². The van der Waals surface area contributed by atoms with Gasteiger partial charge in [0.25, 0.3) is 5.91 Å². The standard InChI is InChI=1S/C20H13F3N8O/c21-20(22,23)11-2-4-12(5-3-11)26-19-29-15-7-8-25-18(31(15)30-19)10-1-6-13-14(9-10)28-17(27-13)16(24)32/h1-9H,(H2,24,32)(H,26,30)(H,27,28). The Morgan fingerprint density at radius 1 is 1.06 bits per heavy atom. The Kier molecular flexibility index (Phi) is 4.29. The van der Waals surface area contributed by atoms with E-state index in [2.05, 4.69) is 30.4 Å². The fourth-order valence-corrected chi connectivity index (χ4v) is 3.20. The van der Waals surface area contributed by atoms with Gasteiger partial charge in [-0.05, 0) is 42.5 Å². The first-order chi connectivity index (χ1) is 15.3. The second-order valence-corrected chi connectivity index (χ2v) is 6.86. The maximum atomic E-state index is 12.7. The van der Waals surface area contributed by atoms with Gasteiger partial charge >= 0.3 is 6.18 Å². The summed E-state index contributed by atoms with van der Waals surface area (Å²) >= 11 is 0. The Bertz CT molecular complexity index is 1470. The fourth-order valence-electron chi connectivity index (χ4n) is 3.20. The molecular weight excluding hydrogens is 425 g/mol. The van der Waals surface area contributed by atoms with Crippen LogP contribution in [0.15, 0.2) is 54.7 Å². The molecule has 0 saturated carbocycles. The van der Waals surface area contributed by atoms with Crippen LogP contribution in [0.3, 0.4) is 0 Å². The molecule has 0 aliphatic carbocycles. The number of nitrogens with two attached hydrogens (primary N) is 1. The Morgan fingerprint density at radius 3 is 2.56 bits per heavy atom. The van der Waals surface area contributed by atoms with Crippen molar-refractivity contribution in [2.24, 2.45) is 5.73 Å². The summed E-state index contributed by atoms with van der Waals surface area (Å²) in [6.45, 7) is 0. The zero-order chi connectivity index (χ0) is 22.5. The van der Waals surface area contributed by atoms with E-state index in [0.29, 0.717) is 33.8 Å². The van der Waals surface area contributed by atoms with E-state index in [1.54, 1.807) is 30.5 Å². The lowest BCUT2D eigenvalue weighted by Gasteiger charge is -2.07. The molecule has 0 fully saturated rings. The van der Waals surface area contributed by atoms with Gasteiger partial charge in [-0.2, -0.15) is 22.7 Å². The van der Waals surface area contributed by atoms with Gasteiger partial charge in [-0.1, -0.05) is 0 Å². The summed E-state index contributed by atoms with van der Waals surface area (Å²) in [6, 6.07) is 11.4. The zero-order valence-electron chi connectivity index (χ0n) is 16.1. The van der Waals surface area contributed by atoms with Crippen LogP contribution in [0, 0.1) is 0 Å². The molecule has 4 N–H and O–H groups in total. The minimum Gasteiger partial charge on any atom is -0.363 e. The molecule has 1 amide bonds. The van der Waals surface area contributed by atoms with Gasteiger partial charge in [0, 0.05) is 23.5 Å². The van der Waals surface area contributed by atoms with E-state index in [9.17, 15) is 18.0 Å². The number of primary amides is 1. The molecule has 0 spiro atoms. The Balaban J connectivity index is 1.49. The van der Waals surface area contributed by atoms with Crippen molar-refractivity contribution in [1.29, 1.82) is 0 Å². The average Bonchev–Trinajstić information content (AvgIpc) is 3.36. The first-order valence-corrected chi connectivity index (χ1v) is 9.24.